The molecule has 0 spiro atoms. The van der Waals surface area contributed by atoms with Crippen LogP contribution in [-0.4, -0.2) is 29.9 Å². The van der Waals surface area contributed by atoms with Crippen LogP contribution in [0.3, 0.4) is 0 Å². The Morgan fingerprint density at radius 3 is 2.45 bits per heavy atom. The summed E-state index contributed by atoms with van der Waals surface area (Å²) in [6.07, 6.45) is -0.592. The summed E-state index contributed by atoms with van der Waals surface area (Å²) in [7, 11) is 1.62. The van der Waals surface area contributed by atoms with Crippen molar-refractivity contribution in [1.82, 2.24) is 4.98 Å². The van der Waals surface area contributed by atoms with Crippen molar-refractivity contribution in [3.63, 3.8) is 0 Å². The number of H-pyrrole nitrogens is 1. The van der Waals surface area contributed by atoms with Crippen molar-refractivity contribution in [3.8, 4) is 0 Å². The van der Waals surface area contributed by atoms with Crippen LogP contribution in [-0.2, 0) is 4.74 Å². The fourth-order valence-electron chi connectivity index (χ4n) is 3.21. The molecule has 0 amide bonds. The number of nitrogens with one attached hydrogen (secondary N) is 1. The summed E-state index contributed by atoms with van der Waals surface area (Å²) in [5.41, 5.74) is 4.43. The van der Waals surface area contributed by atoms with E-state index in [9.17, 15) is 5.11 Å². The summed E-state index contributed by atoms with van der Waals surface area (Å²) in [5, 5.41) is 11.8. The van der Waals surface area contributed by atoms with E-state index in [1.807, 2.05) is 30.3 Å². The number of para-hydroxylation sites is 1. The van der Waals surface area contributed by atoms with Crippen molar-refractivity contribution in [1.29, 1.82) is 0 Å². The summed E-state index contributed by atoms with van der Waals surface area (Å²) in [4.78, 5) is 3.42. The molecule has 0 aliphatic carbocycles. The van der Waals surface area contributed by atoms with Gasteiger partial charge in [-0.25, -0.2) is 0 Å². The van der Waals surface area contributed by atoms with E-state index in [1.165, 1.54) is 0 Å². The highest BCUT2D eigenvalue weighted by molar-refractivity contribution is 5.85. The van der Waals surface area contributed by atoms with Crippen molar-refractivity contribution >= 4 is 10.9 Å². The molecular weight excluding hydrogens is 274 g/mol. The number of hydrogen-bond donors (Lipinski definition) is 2. The molecule has 0 aliphatic heterocycles. The monoisotopic (exact) mass is 295 g/mol. The van der Waals surface area contributed by atoms with Crippen molar-refractivity contribution in [2.75, 3.05) is 13.7 Å². The van der Waals surface area contributed by atoms with Crippen molar-refractivity contribution in [2.24, 2.45) is 0 Å². The Labute approximate surface area is 130 Å². The predicted octanol–water partition coefficient (Wildman–Crippen LogP) is 3.62. The zero-order valence-corrected chi connectivity index (χ0v) is 12.9. The van der Waals surface area contributed by atoms with Gasteiger partial charge in [0.25, 0.3) is 0 Å². The lowest BCUT2D eigenvalue weighted by Crippen LogP contribution is -2.25. The summed E-state index contributed by atoms with van der Waals surface area (Å²) in [5.74, 6) is -0.114. The van der Waals surface area contributed by atoms with Gasteiger partial charge in [-0.15, -0.1) is 0 Å². The summed E-state index contributed by atoms with van der Waals surface area (Å²) >= 11 is 0. The number of aliphatic hydroxyl groups is 1. The molecule has 3 nitrogen and oxygen atoms in total. The lowest BCUT2D eigenvalue weighted by Gasteiger charge is -2.24. The van der Waals surface area contributed by atoms with Crippen LogP contribution < -0.4 is 0 Å². The Kier molecular flexibility index (Phi) is 4.27. The Bertz CT molecular complexity index is 748. The Balaban J connectivity index is 2.18. The van der Waals surface area contributed by atoms with Gasteiger partial charge in [0.05, 0.1) is 12.7 Å². The summed E-state index contributed by atoms with van der Waals surface area (Å²) in [6.45, 7) is 2.36. The van der Waals surface area contributed by atoms with Crippen LogP contribution in [0.25, 0.3) is 10.9 Å². The average Bonchev–Trinajstić information content (AvgIpc) is 2.86. The van der Waals surface area contributed by atoms with E-state index < -0.39 is 6.10 Å². The number of aromatic nitrogens is 1. The third kappa shape index (κ3) is 2.65. The minimum atomic E-state index is -0.592. The van der Waals surface area contributed by atoms with Crippen LogP contribution in [0.15, 0.2) is 54.6 Å². The third-order valence-electron chi connectivity index (χ3n) is 4.14. The highest BCUT2D eigenvalue weighted by Crippen LogP contribution is 2.35. The zero-order valence-electron chi connectivity index (χ0n) is 12.9. The van der Waals surface area contributed by atoms with Gasteiger partial charge in [-0.3, -0.25) is 0 Å². The Morgan fingerprint density at radius 2 is 1.73 bits per heavy atom. The second kappa shape index (κ2) is 6.34. The first-order valence-electron chi connectivity index (χ1n) is 7.51. The molecule has 0 aliphatic rings. The molecule has 2 N–H and O–H groups in total. The fraction of sp³-hybridized carbons (Fsp3) is 0.263. The highest BCUT2D eigenvalue weighted by Gasteiger charge is 2.27. The van der Waals surface area contributed by atoms with Gasteiger partial charge in [0.2, 0.25) is 0 Å². The topological polar surface area (TPSA) is 45.2 Å². The molecule has 0 radical (unpaired) electrons. The maximum absolute atomic E-state index is 10.7. The second-order valence-corrected chi connectivity index (χ2v) is 5.62. The van der Waals surface area contributed by atoms with Crippen molar-refractivity contribution in [2.45, 2.75) is 18.9 Å². The average molecular weight is 295 g/mol. The lowest BCUT2D eigenvalue weighted by atomic mass is 9.85. The Morgan fingerprint density at radius 1 is 1.05 bits per heavy atom. The number of aryl methyl sites for hydroxylation is 1. The van der Waals surface area contributed by atoms with E-state index in [-0.39, 0.29) is 5.92 Å². The quantitative estimate of drug-likeness (QED) is 0.755. The van der Waals surface area contributed by atoms with Gasteiger partial charge < -0.3 is 14.8 Å². The van der Waals surface area contributed by atoms with Gasteiger partial charge in [0.15, 0.2) is 0 Å². The predicted molar refractivity (Wildman–Crippen MR) is 89.2 cm³/mol. The SMILES string of the molecule is COC[C@@H](O)[C@H](c1ccccc1)c1c(C)[nH]c2ccccc12. The second-order valence-electron chi connectivity index (χ2n) is 5.62. The van der Waals surface area contributed by atoms with Gasteiger partial charge >= 0.3 is 0 Å². The smallest absolute Gasteiger partial charge is 0.0883 e. The number of methoxy groups -OCH3 is 1. The first kappa shape index (κ1) is 14.8. The molecular formula is C19H21NO2. The van der Waals surface area contributed by atoms with Gasteiger partial charge in [-0.1, -0.05) is 48.5 Å². The molecule has 3 rings (SSSR count). The molecule has 0 bridgehead atoms. The van der Waals surface area contributed by atoms with Crippen LogP contribution >= 0.6 is 0 Å². The first-order valence-corrected chi connectivity index (χ1v) is 7.51. The third-order valence-corrected chi connectivity index (χ3v) is 4.14. The maximum Gasteiger partial charge on any atom is 0.0883 e. The molecule has 3 heteroatoms. The molecule has 0 saturated heterocycles. The molecule has 0 fully saturated rings. The van der Waals surface area contributed by atoms with E-state index in [1.54, 1.807) is 7.11 Å². The van der Waals surface area contributed by atoms with Crippen LogP contribution in [0.1, 0.15) is 22.7 Å². The molecule has 3 aromatic rings. The van der Waals surface area contributed by atoms with E-state index in [0.29, 0.717) is 6.61 Å². The minimum absolute atomic E-state index is 0.114. The minimum Gasteiger partial charge on any atom is -0.390 e. The molecule has 1 heterocycles. The molecule has 0 saturated carbocycles. The molecule has 0 unspecified atom stereocenters. The Hall–Kier alpha value is -2.10. The number of rotatable bonds is 5. The first-order chi connectivity index (χ1) is 10.7. The van der Waals surface area contributed by atoms with Gasteiger partial charge in [-0.05, 0) is 24.1 Å². The van der Waals surface area contributed by atoms with E-state index in [2.05, 4.69) is 36.2 Å². The highest BCUT2D eigenvalue weighted by atomic mass is 16.5. The standard InChI is InChI=1S/C19H21NO2/c1-13-18(15-10-6-7-11-16(15)20-13)19(17(21)12-22-2)14-8-4-3-5-9-14/h3-11,17,19-21H,12H2,1-2H3/t17-,19+/m1/s1. The van der Waals surface area contributed by atoms with E-state index in [0.717, 1.165) is 27.7 Å². The number of hydrogen-bond acceptors (Lipinski definition) is 2. The van der Waals surface area contributed by atoms with Gasteiger partial charge in [-0.2, -0.15) is 0 Å². The lowest BCUT2D eigenvalue weighted by molar-refractivity contribution is 0.0545. The molecule has 22 heavy (non-hydrogen) atoms. The van der Waals surface area contributed by atoms with Crippen LogP contribution in [0.5, 0.6) is 0 Å². The van der Waals surface area contributed by atoms with Crippen LogP contribution in [0, 0.1) is 6.92 Å². The number of benzene rings is 2. The van der Waals surface area contributed by atoms with E-state index in [4.69, 9.17) is 4.74 Å². The van der Waals surface area contributed by atoms with Crippen LogP contribution in [0.2, 0.25) is 0 Å². The van der Waals surface area contributed by atoms with Gasteiger partial charge in [0.1, 0.15) is 0 Å². The number of aliphatic hydroxyl groups excluding tert-OH is 1. The summed E-state index contributed by atoms with van der Waals surface area (Å²) < 4.78 is 5.20. The largest absolute Gasteiger partial charge is 0.390 e. The van der Waals surface area contributed by atoms with Gasteiger partial charge in [0, 0.05) is 29.6 Å². The fourth-order valence-corrected chi connectivity index (χ4v) is 3.21. The van der Waals surface area contributed by atoms with E-state index >= 15 is 0 Å². The zero-order chi connectivity index (χ0) is 15.5. The molecule has 2 atom stereocenters. The molecule has 114 valence electrons. The molecule has 1 aromatic heterocycles. The maximum atomic E-state index is 10.7. The summed E-state index contributed by atoms with van der Waals surface area (Å²) in [6, 6.07) is 18.3. The number of aromatic amines is 1. The molecule has 2 aromatic carbocycles. The van der Waals surface area contributed by atoms with Crippen LogP contribution in [0.4, 0.5) is 0 Å². The van der Waals surface area contributed by atoms with Crippen molar-refractivity contribution in [3.05, 3.63) is 71.4 Å². The number of ether oxygens (including phenoxy) is 1. The van der Waals surface area contributed by atoms with Crippen molar-refractivity contribution < 1.29 is 9.84 Å². The normalized spacial score (nSPS) is 14.1. The number of fused-ring (bicyclic) bond motifs is 1.